The van der Waals surface area contributed by atoms with E-state index in [0.29, 0.717) is 17.9 Å². The number of benzene rings is 1. The molecule has 1 N–H and O–H groups in total. The lowest BCUT2D eigenvalue weighted by Crippen LogP contribution is -2.29. The molecule has 0 fully saturated rings. The highest BCUT2D eigenvalue weighted by molar-refractivity contribution is 9.10. The van der Waals surface area contributed by atoms with E-state index in [9.17, 15) is 9.59 Å². The Hall–Kier alpha value is -2.21. The molecule has 1 aromatic heterocycles. The van der Waals surface area contributed by atoms with Crippen LogP contribution in [0.4, 0.5) is 11.5 Å². The number of rotatable bonds is 1. The maximum Gasteiger partial charge on any atom is 0.259 e. The normalized spacial score (nSPS) is 15.5. The first-order chi connectivity index (χ1) is 10.6. The Balaban J connectivity index is 1.67. The number of pyridine rings is 1. The minimum atomic E-state index is -0.0801. The molecule has 4 rings (SSSR count). The van der Waals surface area contributed by atoms with Crippen molar-refractivity contribution in [2.75, 3.05) is 16.8 Å². The number of nitrogens with one attached hydrogen (secondary N) is 1. The topological polar surface area (TPSA) is 62.3 Å². The van der Waals surface area contributed by atoms with E-state index in [4.69, 9.17) is 0 Å². The van der Waals surface area contributed by atoms with Crippen molar-refractivity contribution in [1.82, 2.24) is 4.98 Å². The summed E-state index contributed by atoms with van der Waals surface area (Å²) in [6.45, 7) is 0.666. The van der Waals surface area contributed by atoms with Crippen LogP contribution < -0.4 is 10.2 Å². The van der Waals surface area contributed by atoms with E-state index in [0.717, 1.165) is 27.7 Å². The van der Waals surface area contributed by atoms with E-state index < -0.39 is 0 Å². The van der Waals surface area contributed by atoms with Crippen LogP contribution in [0.3, 0.4) is 0 Å². The minimum absolute atomic E-state index is 0.0734. The summed E-state index contributed by atoms with van der Waals surface area (Å²) in [5, 5.41) is 2.67. The zero-order valence-electron chi connectivity index (χ0n) is 11.6. The average Bonchev–Trinajstić information content (AvgIpc) is 3.07. The Morgan fingerprint density at radius 2 is 2.14 bits per heavy atom. The van der Waals surface area contributed by atoms with Crippen LogP contribution in [0.1, 0.15) is 21.5 Å². The molecule has 3 heterocycles. The molecule has 0 atom stereocenters. The second-order valence-corrected chi connectivity index (χ2v) is 6.35. The van der Waals surface area contributed by atoms with Crippen molar-refractivity contribution in [3.8, 4) is 0 Å². The van der Waals surface area contributed by atoms with Gasteiger partial charge in [0.25, 0.3) is 5.91 Å². The number of amides is 2. The number of hydrogen-bond acceptors (Lipinski definition) is 3. The molecular formula is C16H12BrN3O2. The third-order valence-electron chi connectivity index (χ3n) is 4.00. The summed E-state index contributed by atoms with van der Waals surface area (Å²) >= 11 is 3.45. The van der Waals surface area contributed by atoms with Crippen LogP contribution in [-0.4, -0.2) is 23.3 Å². The molecule has 22 heavy (non-hydrogen) atoms. The van der Waals surface area contributed by atoms with Crippen molar-refractivity contribution >= 4 is 39.2 Å². The van der Waals surface area contributed by atoms with E-state index in [1.54, 1.807) is 11.0 Å². The van der Waals surface area contributed by atoms with Crippen LogP contribution in [-0.2, 0) is 17.6 Å². The Kier molecular flexibility index (Phi) is 3.00. The van der Waals surface area contributed by atoms with Crippen LogP contribution in [0.2, 0.25) is 0 Å². The van der Waals surface area contributed by atoms with Crippen LogP contribution in [0.5, 0.6) is 0 Å². The molecule has 0 aliphatic carbocycles. The summed E-state index contributed by atoms with van der Waals surface area (Å²) in [7, 11) is 0. The zero-order chi connectivity index (χ0) is 15.3. The number of fused-ring (bicyclic) bond motifs is 2. The molecule has 0 saturated heterocycles. The molecule has 2 aliphatic rings. The predicted molar refractivity (Wildman–Crippen MR) is 86.1 cm³/mol. The van der Waals surface area contributed by atoms with Gasteiger partial charge in [-0.15, -0.1) is 0 Å². The quantitative estimate of drug-likeness (QED) is 0.852. The second-order valence-electron chi connectivity index (χ2n) is 5.44. The molecule has 2 aromatic rings. The highest BCUT2D eigenvalue weighted by Gasteiger charge is 2.27. The predicted octanol–water partition coefficient (Wildman–Crippen LogP) is 2.54. The number of carbonyl (C=O) groups excluding carboxylic acids is 2. The van der Waals surface area contributed by atoms with Crippen molar-refractivity contribution in [3.05, 3.63) is 51.6 Å². The molecule has 0 saturated carbocycles. The SMILES string of the molecule is O=C1Cc2cc(C(=O)N3CCc4cc(Br)ccc43)cnc2N1. The minimum Gasteiger partial charge on any atom is -0.310 e. The smallest absolute Gasteiger partial charge is 0.259 e. The molecule has 0 spiro atoms. The monoisotopic (exact) mass is 357 g/mol. The lowest BCUT2D eigenvalue weighted by Gasteiger charge is -2.17. The Labute approximate surface area is 135 Å². The number of carbonyl (C=O) groups is 2. The number of anilines is 2. The molecule has 110 valence electrons. The zero-order valence-corrected chi connectivity index (χ0v) is 13.2. The van der Waals surface area contributed by atoms with E-state index in [2.05, 4.69) is 26.2 Å². The van der Waals surface area contributed by atoms with Gasteiger partial charge in [0.15, 0.2) is 0 Å². The van der Waals surface area contributed by atoms with Gasteiger partial charge in [-0.25, -0.2) is 4.98 Å². The number of hydrogen-bond donors (Lipinski definition) is 1. The largest absolute Gasteiger partial charge is 0.310 e. The van der Waals surface area contributed by atoms with E-state index >= 15 is 0 Å². The van der Waals surface area contributed by atoms with Gasteiger partial charge in [0.05, 0.1) is 12.0 Å². The van der Waals surface area contributed by atoms with Gasteiger partial charge in [-0.3, -0.25) is 9.59 Å². The van der Waals surface area contributed by atoms with Gasteiger partial charge in [0.1, 0.15) is 5.82 Å². The van der Waals surface area contributed by atoms with E-state index in [-0.39, 0.29) is 18.2 Å². The van der Waals surface area contributed by atoms with Gasteiger partial charge >= 0.3 is 0 Å². The summed E-state index contributed by atoms with van der Waals surface area (Å²) in [5.74, 6) is 0.409. The van der Waals surface area contributed by atoms with Gasteiger partial charge in [-0.2, -0.15) is 0 Å². The van der Waals surface area contributed by atoms with Crippen LogP contribution >= 0.6 is 15.9 Å². The van der Waals surface area contributed by atoms with Crippen molar-refractivity contribution in [1.29, 1.82) is 0 Å². The fraction of sp³-hybridized carbons (Fsp3) is 0.188. The fourth-order valence-corrected chi connectivity index (χ4v) is 3.37. The molecular weight excluding hydrogens is 346 g/mol. The maximum absolute atomic E-state index is 12.7. The van der Waals surface area contributed by atoms with E-state index in [1.165, 1.54) is 6.20 Å². The van der Waals surface area contributed by atoms with Crippen molar-refractivity contribution in [3.63, 3.8) is 0 Å². The molecule has 0 unspecified atom stereocenters. The Morgan fingerprint density at radius 1 is 1.27 bits per heavy atom. The van der Waals surface area contributed by atoms with Crippen LogP contribution in [0.15, 0.2) is 34.9 Å². The molecule has 1 aromatic carbocycles. The lowest BCUT2D eigenvalue weighted by molar-refractivity contribution is -0.115. The first-order valence-corrected chi connectivity index (χ1v) is 7.80. The molecule has 0 radical (unpaired) electrons. The van der Waals surface area contributed by atoms with Gasteiger partial charge < -0.3 is 10.2 Å². The van der Waals surface area contributed by atoms with Crippen molar-refractivity contribution in [2.24, 2.45) is 0 Å². The van der Waals surface area contributed by atoms with Crippen molar-refractivity contribution < 1.29 is 9.59 Å². The molecule has 0 bridgehead atoms. The average molecular weight is 358 g/mol. The van der Waals surface area contributed by atoms with Crippen molar-refractivity contribution in [2.45, 2.75) is 12.8 Å². The molecule has 2 amide bonds. The highest BCUT2D eigenvalue weighted by Crippen LogP contribution is 2.32. The van der Waals surface area contributed by atoms with Gasteiger partial charge in [-0.1, -0.05) is 15.9 Å². The molecule has 5 nitrogen and oxygen atoms in total. The summed E-state index contributed by atoms with van der Waals surface area (Å²) in [6.07, 6.45) is 2.66. The number of halogens is 1. The third-order valence-corrected chi connectivity index (χ3v) is 4.50. The second kappa shape index (κ2) is 4.91. The van der Waals surface area contributed by atoms with E-state index in [1.807, 2.05) is 18.2 Å². The van der Waals surface area contributed by atoms with Gasteiger partial charge in [-0.05, 0) is 36.2 Å². The Morgan fingerprint density at radius 3 is 3.00 bits per heavy atom. The fourth-order valence-electron chi connectivity index (χ4n) is 2.96. The first-order valence-electron chi connectivity index (χ1n) is 7.01. The lowest BCUT2D eigenvalue weighted by atomic mass is 10.1. The summed E-state index contributed by atoms with van der Waals surface area (Å²) < 4.78 is 1.02. The summed E-state index contributed by atoms with van der Waals surface area (Å²) in [6, 6.07) is 7.70. The highest BCUT2D eigenvalue weighted by atomic mass is 79.9. The first kappa shape index (κ1) is 13.5. The summed E-state index contributed by atoms with van der Waals surface area (Å²) in [5.41, 5.74) is 3.41. The molecule has 2 aliphatic heterocycles. The van der Waals surface area contributed by atoms with Gasteiger partial charge in [0.2, 0.25) is 5.91 Å². The maximum atomic E-state index is 12.7. The Bertz CT molecular complexity index is 819. The standard InChI is InChI=1S/C16H12BrN3O2/c17-12-1-2-13-9(6-12)3-4-20(13)16(22)11-5-10-7-14(21)19-15(10)18-8-11/h1-2,5-6,8H,3-4,7H2,(H,18,19,21). The van der Waals surface area contributed by atoms with Gasteiger partial charge in [0, 0.05) is 28.5 Å². The van der Waals surface area contributed by atoms with Crippen LogP contribution in [0.25, 0.3) is 0 Å². The summed E-state index contributed by atoms with van der Waals surface area (Å²) in [4.78, 5) is 30.1. The number of aromatic nitrogens is 1. The van der Waals surface area contributed by atoms with Crippen LogP contribution in [0, 0.1) is 0 Å². The number of nitrogens with zero attached hydrogens (tertiary/aromatic N) is 2. The third kappa shape index (κ3) is 2.11. The molecule has 6 heteroatoms.